The Balaban J connectivity index is 1.44. The molecule has 1 aromatic carbocycles. The van der Waals surface area contributed by atoms with E-state index in [1.165, 1.54) is 4.90 Å². The Hall–Kier alpha value is -3.59. The van der Waals surface area contributed by atoms with Crippen LogP contribution in [-0.2, 0) is 35.1 Å². The van der Waals surface area contributed by atoms with E-state index in [0.29, 0.717) is 0 Å². The predicted octanol–water partition coefficient (Wildman–Crippen LogP) is 3.18. The first kappa shape index (κ1) is 38.9. The zero-order chi connectivity index (χ0) is 35.5. The Kier molecular flexibility index (Phi) is 14.3. The summed E-state index contributed by atoms with van der Waals surface area (Å²) in [5.41, 5.74) is 3.49. The van der Waals surface area contributed by atoms with Gasteiger partial charge >= 0.3 is 6.09 Å². The Morgan fingerprint density at radius 3 is 2.27 bits per heavy atom. The van der Waals surface area contributed by atoms with Crippen LogP contribution in [0.2, 0.25) is 0 Å². The molecule has 0 saturated carbocycles. The van der Waals surface area contributed by atoms with E-state index in [4.69, 9.17) is 14.2 Å². The van der Waals surface area contributed by atoms with E-state index in [0.717, 1.165) is 21.7 Å². The molecule has 4 amide bonds. The van der Waals surface area contributed by atoms with E-state index < -0.39 is 41.2 Å². The third-order valence-corrected chi connectivity index (χ3v) is 8.45. The third kappa shape index (κ3) is 12.5. The topological polar surface area (TPSA) is 168 Å². The summed E-state index contributed by atoms with van der Waals surface area (Å²) in [4.78, 5) is 58.3. The second-order valence-corrected chi connectivity index (χ2v) is 14.7. The Morgan fingerprint density at radius 2 is 1.67 bits per heavy atom. The smallest absolute Gasteiger partial charge is 0.407 e. The highest BCUT2D eigenvalue weighted by molar-refractivity contribution is 7.13. The molecule has 0 unspecified atom stereocenters. The maximum absolute atomic E-state index is 13.8. The molecule has 3 atom stereocenters. The highest BCUT2D eigenvalue weighted by Gasteiger charge is 2.44. The largest absolute Gasteiger partial charge is 0.444 e. The minimum absolute atomic E-state index is 0.00132. The number of hydrogen-bond acceptors (Lipinski definition) is 10. The summed E-state index contributed by atoms with van der Waals surface area (Å²) in [6, 6.07) is 6.07. The van der Waals surface area contributed by atoms with E-state index in [1.54, 1.807) is 32.1 Å². The number of amides is 4. The van der Waals surface area contributed by atoms with Gasteiger partial charge in [-0.05, 0) is 44.2 Å². The van der Waals surface area contributed by atoms with E-state index >= 15 is 0 Å². The lowest BCUT2D eigenvalue weighted by Crippen LogP contribution is -2.57. The molecule has 48 heavy (non-hydrogen) atoms. The molecule has 1 fully saturated rings. The summed E-state index contributed by atoms with van der Waals surface area (Å²) in [6.45, 7) is 14.3. The molecular formula is C34H51N5O8S. The number of aliphatic hydroxyl groups excluding tert-OH is 1. The number of rotatable bonds is 15. The van der Waals surface area contributed by atoms with Gasteiger partial charge < -0.3 is 40.2 Å². The van der Waals surface area contributed by atoms with Gasteiger partial charge in [-0.1, -0.05) is 45.0 Å². The first-order valence-corrected chi connectivity index (χ1v) is 17.1. The van der Waals surface area contributed by atoms with E-state index in [2.05, 4.69) is 20.9 Å². The molecule has 2 aromatic rings. The van der Waals surface area contributed by atoms with Gasteiger partial charge in [0.1, 0.15) is 17.7 Å². The lowest BCUT2D eigenvalue weighted by Gasteiger charge is -2.35. The number of aliphatic hydroxyl groups is 1. The fraction of sp³-hybridized carbons (Fsp3) is 0.618. The van der Waals surface area contributed by atoms with Crippen molar-refractivity contribution < 1.29 is 38.5 Å². The molecule has 0 spiro atoms. The van der Waals surface area contributed by atoms with Crippen LogP contribution in [0.4, 0.5) is 4.79 Å². The van der Waals surface area contributed by atoms with Crippen molar-refractivity contribution in [2.75, 3.05) is 39.5 Å². The van der Waals surface area contributed by atoms with Crippen molar-refractivity contribution >= 4 is 35.2 Å². The van der Waals surface area contributed by atoms with Crippen molar-refractivity contribution in [3.8, 4) is 10.4 Å². The highest BCUT2D eigenvalue weighted by atomic mass is 32.1. The van der Waals surface area contributed by atoms with Crippen LogP contribution in [0.5, 0.6) is 0 Å². The molecule has 266 valence electrons. The maximum Gasteiger partial charge on any atom is 0.407 e. The standard InChI is InChI=1S/C34H51N5O8S/c1-22-28(48-21-37-22)24-10-8-23(9-11-24)19-36-30(42)26-18-25(40)20-39(26)31(43)29(33(2,3)4)38-27(41)12-14-45-16-17-46-15-13-35-32(44)47-34(5,6)7/h8-11,21,25-26,29,40H,12-20H2,1-7H3,(H,35,44)(H,36,42)(H,38,41)/t25-,26+,29-/m0/s1. The van der Waals surface area contributed by atoms with Crippen LogP contribution < -0.4 is 16.0 Å². The van der Waals surface area contributed by atoms with Gasteiger partial charge in [0.25, 0.3) is 0 Å². The summed E-state index contributed by atoms with van der Waals surface area (Å²) in [7, 11) is 0. The number of carbonyl (C=O) groups is 4. The average molecular weight is 690 g/mol. The fourth-order valence-corrected chi connectivity index (χ4v) is 5.85. The molecule has 4 N–H and O–H groups in total. The van der Waals surface area contributed by atoms with Crippen molar-refractivity contribution in [2.45, 2.75) is 91.6 Å². The van der Waals surface area contributed by atoms with Gasteiger partial charge in [0.2, 0.25) is 17.7 Å². The molecule has 0 aliphatic carbocycles. The first-order valence-electron chi connectivity index (χ1n) is 16.2. The Morgan fingerprint density at radius 1 is 1.00 bits per heavy atom. The monoisotopic (exact) mass is 689 g/mol. The molecule has 1 aromatic heterocycles. The minimum atomic E-state index is -0.922. The first-order chi connectivity index (χ1) is 22.5. The Bertz CT molecular complexity index is 1370. The van der Waals surface area contributed by atoms with Crippen molar-refractivity contribution in [3.63, 3.8) is 0 Å². The normalized spacial score (nSPS) is 17.1. The zero-order valence-electron chi connectivity index (χ0n) is 29.1. The van der Waals surface area contributed by atoms with Crippen LogP contribution in [0.3, 0.4) is 0 Å². The fourth-order valence-electron chi connectivity index (χ4n) is 5.04. The van der Waals surface area contributed by atoms with Crippen molar-refractivity contribution in [3.05, 3.63) is 41.0 Å². The predicted molar refractivity (Wildman–Crippen MR) is 182 cm³/mol. The summed E-state index contributed by atoms with van der Waals surface area (Å²) in [5, 5.41) is 18.8. The molecule has 3 rings (SSSR count). The molecule has 1 aliphatic rings. The summed E-state index contributed by atoms with van der Waals surface area (Å²) in [6.07, 6.45) is -1.24. The molecule has 1 aliphatic heterocycles. The van der Waals surface area contributed by atoms with Gasteiger partial charge in [-0.2, -0.15) is 0 Å². The highest BCUT2D eigenvalue weighted by Crippen LogP contribution is 2.28. The second-order valence-electron chi connectivity index (χ2n) is 13.8. The quantitative estimate of drug-likeness (QED) is 0.205. The van der Waals surface area contributed by atoms with Crippen molar-refractivity contribution in [2.24, 2.45) is 5.41 Å². The summed E-state index contributed by atoms with van der Waals surface area (Å²) < 4.78 is 16.1. The van der Waals surface area contributed by atoms with Crippen LogP contribution >= 0.6 is 11.3 Å². The lowest BCUT2D eigenvalue weighted by atomic mass is 9.85. The number of aromatic nitrogens is 1. The van der Waals surface area contributed by atoms with Gasteiger partial charge in [-0.25, -0.2) is 9.78 Å². The molecule has 1 saturated heterocycles. The number of nitrogens with one attached hydrogen (secondary N) is 3. The van der Waals surface area contributed by atoms with Crippen LogP contribution in [0.1, 0.15) is 65.6 Å². The van der Waals surface area contributed by atoms with Gasteiger partial charge in [0, 0.05) is 32.5 Å². The van der Waals surface area contributed by atoms with Crippen LogP contribution in [0, 0.1) is 12.3 Å². The number of benzene rings is 1. The van der Waals surface area contributed by atoms with Crippen molar-refractivity contribution in [1.82, 2.24) is 25.8 Å². The number of likely N-dealkylation sites (tertiary alicyclic amines) is 1. The van der Waals surface area contributed by atoms with Gasteiger partial charge in [-0.15, -0.1) is 11.3 Å². The molecule has 0 bridgehead atoms. The molecule has 14 heteroatoms. The van der Waals surface area contributed by atoms with Crippen LogP contribution in [0.15, 0.2) is 29.8 Å². The zero-order valence-corrected chi connectivity index (χ0v) is 29.9. The number of β-amino-alcohol motifs (C(OH)–C–C–N with tert-alkyl or cyclic N) is 1. The SMILES string of the molecule is Cc1ncsc1-c1ccc(CNC(=O)[C@H]2C[C@H](O)CN2C(=O)[C@H](NC(=O)CCOCCOCCNC(=O)OC(C)(C)C)C(C)(C)C)cc1. The van der Waals surface area contributed by atoms with Crippen LogP contribution in [0.25, 0.3) is 10.4 Å². The summed E-state index contributed by atoms with van der Waals surface area (Å²) in [5.74, 6) is -1.16. The molecule has 0 radical (unpaired) electrons. The number of alkyl carbamates (subject to hydrolysis) is 1. The number of carbonyl (C=O) groups excluding carboxylic acids is 4. The number of thiazole rings is 1. The Labute approximate surface area is 287 Å². The van der Waals surface area contributed by atoms with Gasteiger partial charge in [0.05, 0.1) is 48.6 Å². The molecular weight excluding hydrogens is 638 g/mol. The lowest BCUT2D eigenvalue weighted by molar-refractivity contribution is -0.144. The van der Waals surface area contributed by atoms with Gasteiger partial charge in [0.15, 0.2) is 0 Å². The molecule has 13 nitrogen and oxygen atoms in total. The van der Waals surface area contributed by atoms with E-state index in [9.17, 15) is 24.3 Å². The number of aryl methyl sites for hydroxylation is 1. The van der Waals surface area contributed by atoms with E-state index in [-0.39, 0.29) is 70.7 Å². The second kappa shape index (κ2) is 17.7. The number of hydrogen-bond donors (Lipinski definition) is 4. The summed E-state index contributed by atoms with van der Waals surface area (Å²) >= 11 is 1.57. The van der Waals surface area contributed by atoms with Crippen LogP contribution in [-0.4, -0.2) is 102 Å². The van der Waals surface area contributed by atoms with Gasteiger partial charge in [-0.3, -0.25) is 14.4 Å². The minimum Gasteiger partial charge on any atom is -0.444 e. The molecule has 2 heterocycles. The number of ether oxygens (including phenoxy) is 3. The maximum atomic E-state index is 13.8. The third-order valence-electron chi connectivity index (χ3n) is 7.47. The van der Waals surface area contributed by atoms with Crippen molar-refractivity contribution in [1.29, 1.82) is 0 Å². The average Bonchev–Trinajstić information content (AvgIpc) is 3.61. The van der Waals surface area contributed by atoms with E-state index in [1.807, 2.05) is 57.5 Å². The number of nitrogens with zero attached hydrogens (tertiary/aromatic N) is 2.